The lowest BCUT2D eigenvalue weighted by Gasteiger charge is -2.28. The molecule has 0 saturated carbocycles. The van der Waals surface area contributed by atoms with Gasteiger partial charge in [-0.15, -0.1) is 0 Å². The van der Waals surface area contributed by atoms with E-state index in [4.69, 9.17) is 0 Å². The van der Waals surface area contributed by atoms with Crippen molar-refractivity contribution in [1.82, 2.24) is 0 Å². The molecule has 0 aromatic heterocycles. The van der Waals surface area contributed by atoms with E-state index < -0.39 is 7.26 Å². The SMILES string of the molecule is CCCCCCCCC[P+](CCCCCCCCC)(CCCCCCCCC)CCCCCCCCC.[Cl-]. The first-order chi connectivity index (χ1) is 18.2. The van der Waals surface area contributed by atoms with Crippen molar-refractivity contribution in [2.45, 2.75) is 207 Å². The van der Waals surface area contributed by atoms with Crippen LogP contribution in [0.25, 0.3) is 0 Å². The van der Waals surface area contributed by atoms with Crippen LogP contribution in [0, 0.1) is 0 Å². The Kier molecular flexibility index (Phi) is 36.5. The molecule has 0 radical (unpaired) electrons. The first-order valence-electron chi connectivity index (χ1n) is 18.1. The Morgan fingerprint density at radius 3 is 0.579 bits per heavy atom. The Labute approximate surface area is 251 Å². The van der Waals surface area contributed by atoms with E-state index >= 15 is 0 Å². The van der Waals surface area contributed by atoms with E-state index in [1.807, 2.05) is 0 Å². The molecule has 0 amide bonds. The number of halogens is 1. The largest absolute Gasteiger partial charge is 1.00 e. The molecule has 0 heterocycles. The molecule has 0 aromatic rings. The highest BCUT2D eigenvalue weighted by Crippen LogP contribution is 2.61. The molecule has 232 valence electrons. The first-order valence-corrected chi connectivity index (χ1v) is 20.6. The Morgan fingerprint density at radius 1 is 0.237 bits per heavy atom. The molecular formula is C36H76ClP. The van der Waals surface area contributed by atoms with Crippen molar-refractivity contribution < 1.29 is 12.4 Å². The second-order valence-corrected chi connectivity index (χ2v) is 17.2. The van der Waals surface area contributed by atoms with Gasteiger partial charge in [0.25, 0.3) is 0 Å². The monoisotopic (exact) mass is 575 g/mol. The Morgan fingerprint density at radius 2 is 0.395 bits per heavy atom. The van der Waals surface area contributed by atoms with Gasteiger partial charge in [0.05, 0.1) is 24.6 Å². The summed E-state index contributed by atoms with van der Waals surface area (Å²) in [5, 5.41) is 0. The molecule has 0 rings (SSSR count). The Balaban J connectivity index is 0. The van der Waals surface area contributed by atoms with Gasteiger partial charge in [-0.25, -0.2) is 0 Å². The summed E-state index contributed by atoms with van der Waals surface area (Å²) in [5.41, 5.74) is 0. The van der Waals surface area contributed by atoms with Crippen LogP contribution in [-0.4, -0.2) is 24.6 Å². The van der Waals surface area contributed by atoms with Gasteiger partial charge in [0.2, 0.25) is 0 Å². The van der Waals surface area contributed by atoms with Crippen molar-refractivity contribution in [3.8, 4) is 0 Å². The standard InChI is InChI=1S/C36H76P.ClH/c1-5-9-13-17-21-25-29-33-37(34-30-26-22-18-14-10-6-2,35-31-27-23-19-15-11-7-3)36-32-28-24-20-16-12-8-4;/h5-36H2,1-4H3;1H/q+1;/p-1. The maximum Gasteiger partial charge on any atom is 0.0594 e. The molecule has 0 atom stereocenters. The van der Waals surface area contributed by atoms with Gasteiger partial charge in [-0.2, -0.15) is 0 Å². The van der Waals surface area contributed by atoms with E-state index in [0.717, 1.165) is 0 Å². The van der Waals surface area contributed by atoms with Gasteiger partial charge >= 0.3 is 0 Å². The lowest BCUT2D eigenvalue weighted by Crippen LogP contribution is -3.00. The van der Waals surface area contributed by atoms with E-state index in [0.29, 0.717) is 0 Å². The molecule has 0 N–H and O–H groups in total. The molecule has 0 aromatic carbocycles. The Bertz CT molecular complexity index is 333. The van der Waals surface area contributed by atoms with Crippen LogP contribution >= 0.6 is 7.26 Å². The highest BCUT2D eigenvalue weighted by atomic mass is 35.5. The summed E-state index contributed by atoms with van der Waals surface area (Å²) in [5.74, 6) is 0. The summed E-state index contributed by atoms with van der Waals surface area (Å²) in [4.78, 5) is 0. The second-order valence-electron chi connectivity index (χ2n) is 12.7. The minimum Gasteiger partial charge on any atom is -1.00 e. The van der Waals surface area contributed by atoms with Crippen LogP contribution in [0.5, 0.6) is 0 Å². The summed E-state index contributed by atoms with van der Waals surface area (Å²) in [6, 6.07) is 0. The molecule has 0 aliphatic heterocycles. The van der Waals surface area contributed by atoms with E-state index in [-0.39, 0.29) is 12.4 Å². The summed E-state index contributed by atoms with van der Waals surface area (Å²) in [6.45, 7) is 9.37. The lowest BCUT2D eigenvalue weighted by molar-refractivity contribution is -0.00000843. The molecule has 0 bridgehead atoms. The quantitative estimate of drug-likeness (QED) is 0.0553. The molecule has 0 aliphatic carbocycles. The van der Waals surface area contributed by atoms with E-state index in [1.165, 1.54) is 154 Å². The van der Waals surface area contributed by atoms with E-state index in [9.17, 15) is 0 Å². The van der Waals surface area contributed by atoms with Gasteiger partial charge in [0.15, 0.2) is 0 Å². The summed E-state index contributed by atoms with van der Waals surface area (Å²) < 4.78 is 0. The molecule has 0 spiro atoms. The first kappa shape index (κ1) is 40.9. The zero-order chi connectivity index (χ0) is 27.1. The van der Waals surface area contributed by atoms with Gasteiger partial charge < -0.3 is 12.4 Å². The topological polar surface area (TPSA) is 0 Å². The molecule has 2 heteroatoms. The van der Waals surface area contributed by atoms with Crippen LogP contribution in [0.1, 0.15) is 207 Å². The molecule has 38 heavy (non-hydrogen) atoms. The number of unbranched alkanes of at least 4 members (excludes halogenated alkanes) is 24. The molecule has 0 fully saturated rings. The van der Waals surface area contributed by atoms with E-state index in [1.54, 1.807) is 50.3 Å². The fourth-order valence-electron chi connectivity index (χ4n) is 6.29. The van der Waals surface area contributed by atoms with Gasteiger partial charge in [-0.1, -0.05) is 156 Å². The molecule has 0 nitrogen and oxygen atoms in total. The van der Waals surface area contributed by atoms with Crippen molar-refractivity contribution in [1.29, 1.82) is 0 Å². The van der Waals surface area contributed by atoms with Crippen molar-refractivity contribution in [2.75, 3.05) is 24.6 Å². The third-order valence-corrected chi connectivity index (χ3v) is 14.0. The zero-order valence-electron chi connectivity index (χ0n) is 27.5. The lowest BCUT2D eigenvalue weighted by atomic mass is 10.1. The van der Waals surface area contributed by atoms with E-state index in [2.05, 4.69) is 27.7 Å². The molecule has 0 aliphatic rings. The van der Waals surface area contributed by atoms with Crippen LogP contribution in [0.3, 0.4) is 0 Å². The number of rotatable bonds is 32. The third kappa shape index (κ3) is 28.3. The normalized spacial score (nSPS) is 11.7. The number of hydrogen-bond acceptors (Lipinski definition) is 0. The predicted molar refractivity (Wildman–Crippen MR) is 178 cm³/mol. The average Bonchev–Trinajstić information content (AvgIpc) is 2.91. The van der Waals surface area contributed by atoms with Crippen LogP contribution < -0.4 is 12.4 Å². The minimum absolute atomic E-state index is 0. The summed E-state index contributed by atoms with van der Waals surface area (Å²) >= 11 is 0. The van der Waals surface area contributed by atoms with Gasteiger partial charge in [0, 0.05) is 7.26 Å². The summed E-state index contributed by atoms with van der Waals surface area (Å²) in [6.07, 6.45) is 48.2. The Hall–Kier alpha value is 0.720. The fourth-order valence-corrected chi connectivity index (χ4v) is 11.2. The minimum atomic E-state index is -0.742. The maximum absolute atomic E-state index is 2.34. The van der Waals surface area contributed by atoms with Crippen LogP contribution in [0.4, 0.5) is 0 Å². The zero-order valence-corrected chi connectivity index (χ0v) is 29.1. The smallest absolute Gasteiger partial charge is 0.0594 e. The van der Waals surface area contributed by atoms with Crippen LogP contribution in [0.2, 0.25) is 0 Å². The van der Waals surface area contributed by atoms with Gasteiger partial charge in [-0.05, 0) is 51.4 Å². The van der Waals surface area contributed by atoms with Crippen LogP contribution in [-0.2, 0) is 0 Å². The number of hydrogen-bond donors (Lipinski definition) is 0. The van der Waals surface area contributed by atoms with Crippen molar-refractivity contribution in [2.24, 2.45) is 0 Å². The highest BCUT2D eigenvalue weighted by Gasteiger charge is 2.34. The molecular weight excluding hydrogens is 499 g/mol. The highest BCUT2D eigenvalue weighted by molar-refractivity contribution is 7.75. The summed E-state index contributed by atoms with van der Waals surface area (Å²) in [7, 11) is -0.742. The maximum atomic E-state index is 2.34. The van der Waals surface area contributed by atoms with Gasteiger partial charge in [-0.3, -0.25) is 0 Å². The fraction of sp³-hybridized carbons (Fsp3) is 1.00. The molecule has 0 unspecified atom stereocenters. The third-order valence-electron chi connectivity index (χ3n) is 8.94. The average molecular weight is 575 g/mol. The molecule has 0 saturated heterocycles. The van der Waals surface area contributed by atoms with Crippen LogP contribution in [0.15, 0.2) is 0 Å². The van der Waals surface area contributed by atoms with Gasteiger partial charge in [0.1, 0.15) is 0 Å². The van der Waals surface area contributed by atoms with Crippen molar-refractivity contribution >= 4 is 7.26 Å². The van der Waals surface area contributed by atoms with Crippen molar-refractivity contribution in [3.05, 3.63) is 0 Å². The van der Waals surface area contributed by atoms with Crippen molar-refractivity contribution in [3.63, 3.8) is 0 Å². The second kappa shape index (κ2) is 33.9. The predicted octanol–water partition coefficient (Wildman–Crippen LogP) is 11.0.